The molecule has 4 aliphatic rings. The van der Waals surface area contributed by atoms with Gasteiger partial charge in [-0.2, -0.15) is 0 Å². The normalized spacial score (nSPS) is 43.3. The van der Waals surface area contributed by atoms with Crippen molar-refractivity contribution in [3.63, 3.8) is 0 Å². The topological polar surface area (TPSA) is 35.5 Å². The van der Waals surface area contributed by atoms with Gasteiger partial charge in [0.05, 0.1) is 26.8 Å². The molecule has 4 nitrogen and oxygen atoms in total. The largest absolute Gasteiger partial charge is 0.458 e. The van der Waals surface area contributed by atoms with Gasteiger partial charge in [-0.05, 0) is 66.1 Å². The quantitative estimate of drug-likeness (QED) is 0.427. The summed E-state index contributed by atoms with van der Waals surface area (Å²) in [5, 5.41) is 0. The summed E-state index contributed by atoms with van der Waals surface area (Å²) in [5.74, 6) is 1.29. The Labute approximate surface area is 184 Å². The highest BCUT2D eigenvalue weighted by atomic mass is 16.5. The SMILES string of the molecule is CC1(C)[C@H]2CC[C@@]1(C)C[C@H]2OC(=O)C[N+](C)(C)CCO[C@@H]1C[C@H]2CC[C@]1(C)C2(C)C. The van der Waals surface area contributed by atoms with Crippen LogP contribution in [0.5, 0.6) is 0 Å². The van der Waals surface area contributed by atoms with Crippen molar-refractivity contribution in [2.24, 2.45) is 33.5 Å². The number of carbonyl (C=O) groups is 1. The van der Waals surface area contributed by atoms with E-state index in [0.29, 0.717) is 39.3 Å². The summed E-state index contributed by atoms with van der Waals surface area (Å²) >= 11 is 0. The third-order valence-corrected chi connectivity index (χ3v) is 11.2. The fraction of sp³-hybridized carbons (Fsp3) is 0.962. The van der Waals surface area contributed by atoms with Crippen LogP contribution < -0.4 is 0 Å². The Hall–Kier alpha value is -0.610. The van der Waals surface area contributed by atoms with E-state index in [1.807, 2.05) is 0 Å². The zero-order valence-corrected chi connectivity index (χ0v) is 20.8. The monoisotopic (exact) mass is 420 g/mol. The van der Waals surface area contributed by atoms with Crippen molar-refractivity contribution in [3.8, 4) is 0 Å². The summed E-state index contributed by atoms with van der Waals surface area (Å²) in [7, 11) is 4.26. The standard InChI is InChI=1S/C26H46NO3/c1-23(2)18-9-12-26(23,6)21(15-18)29-14-13-27(7,8)17-22(28)30-20-16-25(5)11-10-19(20)24(25,3)4/h18-21H,9-17H2,1-8H3/q+1/t18-,19+,20-,21-,25+,26+/m1/s1. The van der Waals surface area contributed by atoms with Gasteiger partial charge in [0.15, 0.2) is 6.54 Å². The highest BCUT2D eigenvalue weighted by molar-refractivity contribution is 5.71. The molecule has 4 fully saturated rings. The van der Waals surface area contributed by atoms with Crippen molar-refractivity contribution in [1.29, 1.82) is 0 Å². The molecule has 0 saturated heterocycles. The van der Waals surface area contributed by atoms with Gasteiger partial charge in [-0.1, -0.05) is 41.5 Å². The van der Waals surface area contributed by atoms with E-state index in [1.54, 1.807) is 0 Å². The molecule has 4 aliphatic carbocycles. The average molecular weight is 421 g/mol. The van der Waals surface area contributed by atoms with Crippen LogP contribution in [0.25, 0.3) is 0 Å². The first kappa shape index (κ1) is 22.6. The first-order valence-electron chi connectivity index (χ1n) is 12.4. The second-order valence-corrected chi connectivity index (χ2v) is 13.4. The first-order chi connectivity index (χ1) is 13.7. The fourth-order valence-corrected chi connectivity index (χ4v) is 7.79. The van der Waals surface area contributed by atoms with Crippen LogP contribution in [-0.4, -0.2) is 56.5 Å². The first-order valence-corrected chi connectivity index (χ1v) is 12.4. The maximum Gasteiger partial charge on any atom is 0.362 e. The van der Waals surface area contributed by atoms with Crippen LogP contribution in [0, 0.1) is 33.5 Å². The van der Waals surface area contributed by atoms with Gasteiger partial charge in [0, 0.05) is 5.92 Å². The van der Waals surface area contributed by atoms with Gasteiger partial charge < -0.3 is 14.0 Å². The summed E-state index contributed by atoms with van der Waals surface area (Å²) in [6.45, 7) is 16.4. The Morgan fingerprint density at radius 2 is 1.70 bits per heavy atom. The molecular weight excluding hydrogens is 374 g/mol. The third-order valence-electron chi connectivity index (χ3n) is 11.2. The van der Waals surface area contributed by atoms with Crippen molar-refractivity contribution >= 4 is 5.97 Å². The lowest BCUT2D eigenvalue weighted by Crippen LogP contribution is -2.48. The second kappa shape index (κ2) is 6.94. The molecule has 172 valence electrons. The minimum Gasteiger partial charge on any atom is -0.458 e. The van der Waals surface area contributed by atoms with E-state index < -0.39 is 0 Å². The molecule has 4 rings (SSSR count). The zero-order valence-electron chi connectivity index (χ0n) is 20.8. The van der Waals surface area contributed by atoms with Crippen LogP contribution >= 0.6 is 0 Å². The molecule has 0 spiro atoms. The van der Waals surface area contributed by atoms with E-state index in [2.05, 4.69) is 55.6 Å². The van der Waals surface area contributed by atoms with Crippen LogP contribution in [0.15, 0.2) is 0 Å². The number of hydrogen-bond donors (Lipinski definition) is 0. The lowest BCUT2D eigenvalue weighted by molar-refractivity contribution is -0.883. The van der Waals surface area contributed by atoms with Crippen molar-refractivity contribution in [2.45, 2.75) is 92.3 Å². The van der Waals surface area contributed by atoms with Crippen LogP contribution in [0.3, 0.4) is 0 Å². The van der Waals surface area contributed by atoms with Crippen LogP contribution in [0.2, 0.25) is 0 Å². The minimum absolute atomic E-state index is 0.0371. The molecule has 0 aliphatic heterocycles. The molecule has 0 aromatic carbocycles. The van der Waals surface area contributed by atoms with Crippen LogP contribution in [0.1, 0.15) is 80.1 Å². The van der Waals surface area contributed by atoms with Crippen molar-refractivity contribution in [2.75, 3.05) is 33.8 Å². The Morgan fingerprint density at radius 3 is 2.20 bits per heavy atom. The van der Waals surface area contributed by atoms with Crippen molar-refractivity contribution in [3.05, 3.63) is 0 Å². The number of rotatable bonds is 7. The highest BCUT2D eigenvalue weighted by Crippen LogP contribution is 2.67. The predicted octanol–water partition coefficient (Wildman–Crippen LogP) is 5.05. The van der Waals surface area contributed by atoms with E-state index in [-0.39, 0.29) is 17.5 Å². The molecule has 0 unspecified atom stereocenters. The van der Waals surface area contributed by atoms with Crippen molar-refractivity contribution in [1.82, 2.24) is 0 Å². The van der Waals surface area contributed by atoms with Gasteiger partial charge in [-0.15, -0.1) is 0 Å². The lowest BCUT2D eigenvalue weighted by atomic mass is 9.70. The number of carbonyl (C=O) groups excluding carboxylic acids is 1. The minimum atomic E-state index is -0.0371. The Bertz CT molecular complexity index is 696. The Morgan fingerprint density at radius 1 is 1.00 bits per heavy atom. The van der Waals surface area contributed by atoms with Gasteiger partial charge in [0.25, 0.3) is 0 Å². The molecule has 0 N–H and O–H groups in total. The van der Waals surface area contributed by atoms with Gasteiger partial charge in [-0.3, -0.25) is 0 Å². The number of fused-ring (bicyclic) bond motifs is 4. The molecule has 6 atom stereocenters. The molecule has 4 saturated carbocycles. The Balaban J connectivity index is 1.25. The molecule has 0 heterocycles. The number of likely N-dealkylation sites (N-methyl/N-ethyl adjacent to an activating group) is 1. The molecule has 0 aromatic rings. The third kappa shape index (κ3) is 3.27. The van der Waals surface area contributed by atoms with Gasteiger partial charge >= 0.3 is 5.97 Å². The summed E-state index contributed by atoms with van der Waals surface area (Å²) in [5.41, 5.74) is 1.29. The highest BCUT2D eigenvalue weighted by Gasteiger charge is 2.63. The number of hydrogen-bond acceptors (Lipinski definition) is 3. The molecule has 4 heteroatoms. The Kier molecular flexibility index (Phi) is 5.22. The summed E-state index contributed by atoms with van der Waals surface area (Å²) < 4.78 is 13.1. The lowest BCUT2D eigenvalue weighted by Gasteiger charge is -2.39. The molecule has 0 radical (unpaired) electrons. The molecule has 4 bridgehead atoms. The van der Waals surface area contributed by atoms with Gasteiger partial charge in [0.2, 0.25) is 0 Å². The van der Waals surface area contributed by atoms with Gasteiger partial charge in [0.1, 0.15) is 12.6 Å². The molecule has 0 aromatic heterocycles. The molecule has 30 heavy (non-hydrogen) atoms. The molecule has 0 amide bonds. The maximum absolute atomic E-state index is 12.8. The van der Waals surface area contributed by atoms with E-state index in [1.165, 1.54) is 32.1 Å². The fourth-order valence-electron chi connectivity index (χ4n) is 7.79. The van der Waals surface area contributed by atoms with E-state index in [4.69, 9.17) is 9.47 Å². The van der Waals surface area contributed by atoms with E-state index in [9.17, 15) is 4.79 Å². The maximum atomic E-state index is 12.8. The number of esters is 1. The van der Waals surface area contributed by atoms with Crippen LogP contribution in [0.4, 0.5) is 0 Å². The van der Waals surface area contributed by atoms with E-state index >= 15 is 0 Å². The molecular formula is C26H46NO3+. The predicted molar refractivity (Wildman–Crippen MR) is 120 cm³/mol. The summed E-state index contributed by atoms with van der Waals surface area (Å²) in [6.07, 6.45) is 7.84. The van der Waals surface area contributed by atoms with Crippen LogP contribution in [-0.2, 0) is 14.3 Å². The number of ether oxygens (including phenoxy) is 2. The second-order valence-electron chi connectivity index (χ2n) is 13.4. The number of quaternary nitrogens is 1. The summed E-state index contributed by atoms with van der Waals surface area (Å²) in [6, 6.07) is 0. The van der Waals surface area contributed by atoms with Crippen molar-refractivity contribution < 1.29 is 18.8 Å². The van der Waals surface area contributed by atoms with E-state index in [0.717, 1.165) is 25.5 Å². The summed E-state index contributed by atoms with van der Waals surface area (Å²) in [4.78, 5) is 12.8. The average Bonchev–Trinajstić information content (AvgIpc) is 3.11. The zero-order chi connectivity index (χ0) is 22.2. The number of nitrogens with zero attached hydrogens (tertiary/aromatic N) is 1. The van der Waals surface area contributed by atoms with Gasteiger partial charge in [-0.25, -0.2) is 4.79 Å². The smallest absolute Gasteiger partial charge is 0.362 e.